The lowest BCUT2D eigenvalue weighted by molar-refractivity contribution is -0.115. The van der Waals surface area contributed by atoms with Gasteiger partial charge in [-0.25, -0.2) is 8.42 Å². The molecule has 0 saturated carbocycles. The molecule has 5 nitrogen and oxygen atoms in total. The molecule has 0 saturated heterocycles. The van der Waals surface area contributed by atoms with Gasteiger partial charge in [0.15, 0.2) is 0 Å². The van der Waals surface area contributed by atoms with Crippen LogP contribution in [0.3, 0.4) is 0 Å². The van der Waals surface area contributed by atoms with Gasteiger partial charge in [-0.2, -0.15) is 0 Å². The van der Waals surface area contributed by atoms with Gasteiger partial charge in [0.1, 0.15) is 0 Å². The molecule has 14 heavy (non-hydrogen) atoms. The fourth-order valence-corrected chi connectivity index (χ4v) is 1.77. The van der Waals surface area contributed by atoms with Gasteiger partial charge in [-0.05, 0) is 0 Å². The predicted octanol–water partition coefficient (Wildman–Crippen LogP) is 0.361. The first kappa shape index (κ1) is 12.5. The highest BCUT2D eigenvalue weighted by Crippen LogP contribution is 1.98. The molecule has 0 aliphatic carbocycles. The summed E-state index contributed by atoms with van der Waals surface area (Å²) in [6.07, 6.45) is 2.16. The van der Waals surface area contributed by atoms with Crippen LogP contribution in [0.15, 0.2) is 25.3 Å². The first-order valence-corrected chi connectivity index (χ1v) is 5.34. The number of Topliss-reactive ketones (excluding diaryl/α,β-unsaturated/α-hetero) is 1. The monoisotopic (exact) mass is 214 g/mol. The van der Waals surface area contributed by atoms with Gasteiger partial charge < -0.3 is 5.53 Å². The number of hydrogen-bond donors (Lipinski definition) is 0. The second kappa shape index (κ2) is 5.26. The molecule has 0 aromatic heterocycles. The molecule has 0 bridgehead atoms. The number of carbonyl (C=O) groups is 1. The second-order valence-corrected chi connectivity index (χ2v) is 4.34. The van der Waals surface area contributed by atoms with E-state index in [1.807, 2.05) is 0 Å². The SMILES string of the molecule is C=CCC(=O)C(=[N+]=[N-])S(=O)(=O)CC=C. The zero-order valence-corrected chi connectivity index (χ0v) is 8.33. The average Bonchev–Trinajstić information content (AvgIpc) is 2.04. The Bertz CT molecular complexity index is 402. The molecule has 0 aliphatic heterocycles. The summed E-state index contributed by atoms with van der Waals surface area (Å²) < 4.78 is 22.5. The molecule has 0 radical (unpaired) electrons. The summed E-state index contributed by atoms with van der Waals surface area (Å²) in [6, 6.07) is 0. The minimum atomic E-state index is -3.86. The van der Waals surface area contributed by atoms with Gasteiger partial charge in [0.05, 0.1) is 5.75 Å². The Balaban J connectivity index is 5.12. The third-order valence-electron chi connectivity index (χ3n) is 1.29. The minimum Gasteiger partial charge on any atom is -0.360 e. The summed E-state index contributed by atoms with van der Waals surface area (Å²) in [5.74, 6) is -1.22. The van der Waals surface area contributed by atoms with Crippen LogP contribution in [0.2, 0.25) is 0 Å². The van der Waals surface area contributed by atoms with Crippen LogP contribution < -0.4 is 0 Å². The highest BCUT2D eigenvalue weighted by molar-refractivity contribution is 8.08. The van der Waals surface area contributed by atoms with E-state index in [0.29, 0.717) is 0 Å². The molecular weight excluding hydrogens is 204 g/mol. The minimum absolute atomic E-state index is 0.185. The van der Waals surface area contributed by atoms with Crippen molar-refractivity contribution in [1.29, 1.82) is 0 Å². The highest BCUT2D eigenvalue weighted by Gasteiger charge is 2.33. The molecule has 0 fully saturated rings. The van der Waals surface area contributed by atoms with Crippen molar-refractivity contribution in [3.05, 3.63) is 30.8 Å². The summed E-state index contributed by atoms with van der Waals surface area (Å²) in [6.45, 7) is 6.49. The fraction of sp³-hybridized carbons (Fsp3) is 0.250. The van der Waals surface area contributed by atoms with Crippen molar-refractivity contribution in [2.45, 2.75) is 6.42 Å². The fourth-order valence-electron chi connectivity index (χ4n) is 0.744. The maximum atomic E-state index is 11.3. The Hall–Kier alpha value is -1.52. The first-order chi connectivity index (χ1) is 6.49. The predicted molar refractivity (Wildman–Crippen MR) is 52.4 cm³/mol. The molecule has 0 aromatic rings. The van der Waals surface area contributed by atoms with E-state index in [2.05, 4.69) is 17.9 Å². The van der Waals surface area contributed by atoms with Crippen LogP contribution in [-0.4, -0.2) is 29.8 Å². The van der Waals surface area contributed by atoms with Crippen LogP contribution in [0.5, 0.6) is 0 Å². The Labute approximate surface area is 82.3 Å². The van der Waals surface area contributed by atoms with Crippen molar-refractivity contribution in [1.82, 2.24) is 0 Å². The summed E-state index contributed by atoms with van der Waals surface area (Å²) >= 11 is 0. The molecule has 0 rings (SSSR count). The van der Waals surface area contributed by atoms with E-state index in [-0.39, 0.29) is 6.42 Å². The van der Waals surface area contributed by atoms with Crippen LogP contribution in [-0.2, 0) is 14.6 Å². The maximum Gasteiger partial charge on any atom is 0.448 e. The molecule has 0 N–H and O–H groups in total. The van der Waals surface area contributed by atoms with Crippen molar-refractivity contribution in [3.8, 4) is 0 Å². The number of rotatable bonds is 5. The molecule has 0 unspecified atom stereocenters. The Morgan fingerprint density at radius 2 is 1.93 bits per heavy atom. The molecule has 76 valence electrons. The van der Waals surface area contributed by atoms with Crippen molar-refractivity contribution in [2.24, 2.45) is 0 Å². The summed E-state index contributed by atoms with van der Waals surface area (Å²) in [5, 5.41) is -0.850. The van der Waals surface area contributed by atoms with Crippen molar-refractivity contribution in [3.63, 3.8) is 0 Å². The molecule has 0 heterocycles. The van der Waals surface area contributed by atoms with E-state index in [4.69, 9.17) is 5.53 Å². The van der Waals surface area contributed by atoms with Gasteiger partial charge in [-0.3, -0.25) is 4.79 Å². The lowest BCUT2D eigenvalue weighted by Gasteiger charge is -1.93. The van der Waals surface area contributed by atoms with Gasteiger partial charge in [-0.1, -0.05) is 12.2 Å². The number of carbonyl (C=O) groups excluding carboxylic acids is 1. The number of sulfone groups is 1. The molecular formula is C8H10N2O3S. The molecule has 6 heteroatoms. The van der Waals surface area contributed by atoms with E-state index in [1.165, 1.54) is 6.08 Å². The smallest absolute Gasteiger partial charge is 0.360 e. The van der Waals surface area contributed by atoms with Gasteiger partial charge in [0.25, 0.3) is 15.6 Å². The third kappa shape index (κ3) is 3.08. The van der Waals surface area contributed by atoms with E-state index in [1.54, 1.807) is 0 Å². The van der Waals surface area contributed by atoms with Gasteiger partial charge in [0, 0.05) is 6.42 Å². The topological polar surface area (TPSA) is 87.6 Å². The Kier molecular flexibility index (Phi) is 4.69. The number of allylic oxidation sites excluding steroid dienone is 1. The zero-order chi connectivity index (χ0) is 11.2. The van der Waals surface area contributed by atoms with Crippen LogP contribution in [0.4, 0.5) is 0 Å². The van der Waals surface area contributed by atoms with E-state index < -0.39 is 26.4 Å². The standard InChI is InChI=1S/C8H10N2O3S/c1-3-5-7(11)8(10-9)14(12,13)6-4-2/h3-4H,1-2,5-6H2. The van der Waals surface area contributed by atoms with Crippen molar-refractivity contribution in [2.75, 3.05) is 5.75 Å². The van der Waals surface area contributed by atoms with Crippen molar-refractivity contribution >= 4 is 20.7 Å². The summed E-state index contributed by atoms with van der Waals surface area (Å²) in [4.78, 5) is 13.6. The van der Waals surface area contributed by atoms with Gasteiger partial charge >= 0.3 is 5.04 Å². The number of nitrogens with zero attached hydrogens (tertiary/aromatic N) is 2. The van der Waals surface area contributed by atoms with E-state index >= 15 is 0 Å². The second-order valence-electron chi connectivity index (χ2n) is 2.39. The Morgan fingerprint density at radius 1 is 1.36 bits per heavy atom. The van der Waals surface area contributed by atoms with E-state index in [0.717, 1.165) is 6.08 Å². The van der Waals surface area contributed by atoms with Crippen LogP contribution in [0.1, 0.15) is 6.42 Å². The quantitative estimate of drug-likeness (QED) is 0.217. The summed E-state index contributed by atoms with van der Waals surface area (Å²) in [5.41, 5.74) is 8.40. The van der Waals surface area contributed by atoms with Crippen molar-refractivity contribution < 1.29 is 18.0 Å². The highest BCUT2D eigenvalue weighted by atomic mass is 32.2. The average molecular weight is 214 g/mol. The maximum absolute atomic E-state index is 11.3. The lowest BCUT2D eigenvalue weighted by atomic mass is 10.3. The zero-order valence-electron chi connectivity index (χ0n) is 7.51. The Morgan fingerprint density at radius 3 is 2.29 bits per heavy atom. The molecule has 0 aliphatic rings. The molecule has 0 amide bonds. The van der Waals surface area contributed by atoms with Crippen LogP contribution in [0.25, 0.3) is 5.53 Å². The molecule has 0 spiro atoms. The first-order valence-electron chi connectivity index (χ1n) is 3.69. The number of hydrogen-bond acceptors (Lipinski definition) is 3. The van der Waals surface area contributed by atoms with Crippen LogP contribution in [0, 0.1) is 0 Å². The lowest BCUT2D eigenvalue weighted by Crippen LogP contribution is -2.26. The van der Waals surface area contributed by atoms with Gasteiger partial charge in [-0.15, -0.1) is 17.9 Å². The number of ketones is 1. The normalized spacial score (nSPS) is 10.0. The van der Waals surface area contributed by atoms with E-state index in [9.17, 15) is 13.2 Å². The third-order valence-corrected chi connectivity index (χ3v) is 2.86. The largest absolute Gasteiger partial charge is 0.448 e. The van der Waals surface area contributed by atoms with Crippen LogP contribution >= 0.6 is 0 Å². The molecule has 0 atom stereocenters. The molecule has 0 aromatic carbocycles. The summed E-state index contributed by atoms with van der Waals surface area (Å²) in [7, 11) is -3.86. The van der Waals surface area contributed by atoms with Gasteiger partial charge in [0.2, 0.25) is 0 Å².